The zero-order valence-electron chi connectivity index (χ0n) is 9.89. The molecule has 94 valence electrons. The predicted octanol–water partition coefficient (Wildman–Crippen LogP) is 1.80. The number of carboxylic acids is 1. The first-order valence-corrected chi connectivity index (χ1v) is 6.93. The average molecular weight is 254 g/mol. The molecule has 2 rings (SSSR count). The highest BCUT2D eigenvalue weighted by Crippen LogP contribution is 2.16. The van der Waals surface area contributed by atoms with Gasteiger partial charge in [0.25, 0.3) is 0 Å². The van der Waals surface area contributed by atoms with Crippen LogP contribution in [0.1, 0.15) is 29.1 Å². The van der Waals surface area contributed by atoms with E-state index in [1.165, 1.54) is 25.9 Å². The van der Waals surface area contributed by atoms with Crippen LogP contribution in [-0.4, -0.2) is 40.6 Å². The fraction of sp³-hybridized carbons (Fsp3) is 0.667. The van der Waals surface area contributed by atoms with Crippen LogP contribution in [0.15, 0.2) is 6.20 Å². The summed E-state index contributed by atoms with van der Waals surface area (Å²) in [6.07, 6.45) is 6.28. The van der Waals surface area contributed by atoms with Crippen molar-refractivity contribution in [3.8, 4) is 0 Å². The van der Waals surface area contributed by atoms with Gasteiger partial charge in [-0.2, -0.15) is 0 Å². The summed E-state index contributed by atoms with van der Waals surface area (Å²) in [6, 6.07) is 0. The summed E-state index contributed by atoms with van der Waals surface area (Å²) < 4.78 is 0. The smallest absolute Gasteiger partial charge is 0.303 e. The van der Waals surface area contributed by atoms with Gasteiger partial charge in [-0.05, 0) is 32.4 Å². The van der Waals surface area contributed by atoms with Crippen molar-refractivity contribution >= 4 is 17.3 Å². The minimum absolute atomic E-state index is 0.202. The number of carboxylic acid groups (broad SMARTS) is 1. The van der Waals surface area contributed by atoms with Gasteiger partial charge in [0.1, 0.15) is 0 Å². The molecule has 0 aromatic carbocycles. The standard InChI is InChI=1S/C12H18N2O2S/c15-12(16)4-3-10-9-13-11(17-10)5-8-14-6-1-2-7-14/h9H,1-8H2,(H,15,16). The Labute approximate surface area is 105 Å². The van der Waals surface area contributed by atoms with Gasteiger partial charge in [-0.15, -0.1) is 11.3 Å². The zero-order valence-corrected chi connectivity index (χ0v) is 10.7. The number of hydrogen-bond acceptors (Lipinski definition) is 4. The van der Waals surface area contributed by atoms with E-state index in [4.69, 9.17) is 5.11 Å². The van der Waals surface area contributed by atoms with Gasteiger partial charge in [-0.1, -0.05) is 0 Å². The van der Waals surface area contributed by atoms with Crippen molar-refractivity contribution in [1.29, 1.82) is 0 Å². The van der Waals surface area contributed by atoms with Crippen LogP contribution in [0.3, 0.4) is 0 Å². The van der Waals surface area contributed by atoms with E-state index in [9.17, 15) is 4.79 Å². The number of carbonyl (C=O) groups is 1. The Balaban J connectivity index is 1.75. The van der Waals surface area contributed by atoms with E-state index in [-0.39, 0.29) is 6.42 Å². The lowest BCUT2D eigenvalue weighted by molar-refractivity contribution is -0.136. The molecule has 4 nitrogen and oxygen atoms in total. The van der Waals surface area contributed by atoms with E-state index in [0.717, 1.165) is 22.9 Å². The van der Waals surface area contributed by atoms with Gasteiger partial charge in [0.05, 0.1) is 11.4 Å². The van der Waals surface area contributed by atoms with Gasteiger partial charge in [-0.3, -0.25) is 4.79 Å². The lowest BCUT2D eigenvalue weighted by Crippen LogP contribution is -2.21. The fourth-order valence-electron chi connectivity index (χ4n) is 2.07. The Hall–Kier alpha value is -0.940. The molecule has 1 saturated heterocycles. The SMILES string of the molecule is O=C(O)CCc1cnc(CCN2CCCC2)s1. The van der Waals surface area contributed by atoms with Crippen LogP contribution >= 0.6 is 11.3 Å². The van der Waals surface area contributed by atoms with Gasteiger partial charge in [0.15, 0.2) is 0 Å². The third kappa shape index (κ3) is 4.09. The van der Waals surface area contributed by atoms with Crippen molar-refractivity contribution in [2.24, 2.45) is 0 Å². The molecule has 1 fully saturated rings. The average Bonchev–Trinajstić information content (AvgIpc) is 2.95. The van der Waals surface area contributed by atoms with E-state index >= 15 is 0 Å². The molecular weight excluding hydrogens is 236 g/mol. The van der Waals surface area contributed by atoms with Crippen LogP contribution in [-0.2, 0) is 17.6 Å². The zero-order chi connectivity index (χ0) is 12.1. The molecule has 1 aliphatic heterocycles. The van der Waals surface area contributed by atoms with Gasteiger partial charge in [-0.25, -0.2) is 4.98 Å². The maximum absolute atomic E-state index is 10.5. The van der Waals surface area contributed by atoms with E-state index < -0.39 is 5.97 Å². The molecule has 0 saturated carbocycles. The predicted molar refractivity (Wildman–Crippen MR) is 67.4 cm³/mol. The minimum atomic E-state index is -0.739. The third-order valence-electron chi connectivity index (χ3n) is 3.03. The molecule has 5 heteroatoms. The Morgan fingerprint density at radius 1 is 1.41 bits per heavy atom. The molecule has 0 atom stereocenters. The Morgan fingerprint density at radius 3 is 2.88 bits per heavy atom. The summed E-state index contributed by atoms with van der Waals surface area (Å²) in [5.41, 5.74) is 0. The van der Waals surface area contributed by atoms with Crippen molar-refractivity contribution < 1.29 is 9.90 Å². The number of aliphatic carboxylic acids is 1. The van der Waals surface area contributed by atoms with Gasteiger partial charge in [0.2, 0.25) is 0 Å². The second-order valence-electron chi connectivity index (χ2n) is 4.41. The van der Waals surface area contributed by atoms with Crippen LogP contribution in [0, 0.1) is 0 Å². The normalized spacial score (nSPS) is 16.5. The molecule has 2 heterocycles. The molecule has 0 bridgehead atoms. The maximum Gasteiger partial charge on any atom is 0.303 e. The summed E-state index contributed by atoms with van der Waals surface area (Å²) in [5, 5.41) is 9.74. The van der Waals surface area contributed by atoms with Crippen molar-refractivity contribution in [2.45, 2.75) is 32.1 Å². The minimum Gasteiger partial charge on any atom is -0.481 e. The summed E-state index contributed by atoms with van der Waals surface area (Å²) in [6.45, 7) is 3.53. The van der Waals surface area contributed by atoms with Crippen LogP contribution in [0.5, 0.6) is 0 Å². The highest BCUT2D eigenvalue weighted by atomic mass is 32.1. The third-order valence-corrected chi connectivity index (χ3v) is 4.14. The number of hydrogen-bond donors (Lipinski definition) is 1. The Bertz CT molecular complexity index is 372. The quantitative estimate of drug-likeness (QED) is 0.841. The Morgan fingerprint density at radius 2 is 2.18 bits per heavy atom. The molecule has 17 heavy (non-hydrogen) atoms. The van der Waals surface area contributed by atoms with E-state index in [2.05, 4.69) is 9.88 Å². The van der Waals surface area contributed by atoms with Crippen LogP contribution in [0.4, 0.5) is 0 Å². The number of rotatable bonds is 6. The van der Waals surface area contributed by atoms with Crippen LogP contribution in [0.25, 0.3) is 0 Å². The molecule has 0 amide bonds. The summed E-state index contributed by atoms with van der Waals surface area (Å²) >= 11 is 1.66. The largest absolute Gasteiger partial charge is 0.481 e. The van der Waals surface area contributed by atoms with E-state index in [0.29, 0.717) is 6.42 Å². The molecule has 1 aromatic rings. The van der Waals surface area contributed by atoms with Crippen molar-refractivity contribution in [2.75, 3.05) is 19.6 Å². The first-order chi connectivity index (χ1) is 8.24. The molecule has 1 aliphatic rings. The van der Waals surface area contributed by atoms with E-state index in [1.807, 2.05) is 6.20 Å². The van der Waals surface area contributed by atoms with Gasteiger partial charge >= 0.3 is 5.97 Å². The lowest BCUT2D eigenvalue weighted by Gasteiger charge is -2.12. The summed E-state index contributed by atoms with van der Waals surface area (Å²) in [7, 11) is 0. The number of thiazole rings is 1. The highest BCUT2D eigenvalue weighted by molar-refractivity contribution is 7.11. The van der Waals surface area contributed by atoms with Gasteiger partial charge in [0, 0.05) is 24.0 Å². The second kappa shape index (κ2) is 6.12. The fourth-order valence-corrected chi connectivity index (χ4v) is 2.98. The molecule has 1 aromatic heterocycles. The molecule has 0 spiro atoms. The number of likely N-dealkylation sites (tertiary alicyclic amines) is 1. The second-order valence-corrected chi connectivity index (χ2v) is 5.61. The molecular formula is C12H18N2O2S. The maximum atomic E-state index is 10.5. The summed E-state index contributed by atoms with van der Waals surface area (Å²) in [5.74, 6) is -0.739. The van der Waals surface area contributed by atoms with Gasteiger partial charge < -0.3 is 10.0 Å². The van der Waals surface area contributed by atoms with Crippen LogP contribution in [0.2, 0.25) is 0 Å². The van der Waals surface area contributed by atoms with Crippen LogP contribution < -0.4 is 0 Å². The molecule has 1 N–H and O–H groups in total. The van der Waals surface area contributed by atoms with Crippen molar-refractivity contribution in [3.05, 3.63) is 16.1 Å². The van der Waals surface area contributed by atoms with Crippen molar-refractivity contribution in [3.63, 3.8) is 0 Å². The number of nitrogens with zero attached hydrogens (tertiary/aromatic N) is 2. The Kier molecular flexibility index (Phi) is 4.50. The first-order valence-electron chi connectivity index (χ1n) is 6.12. The lowest BCUT2D eigenvalue weighted by atomic mass is 10.3. The number of aromatic nitrogens is 1. The summed E-state index contributed by atoms with van der Waals surface area (Å²) in [4.78, 5) is 18.4. The molecule has 0 unspecified atom stereocenters. The molecule has 0 radical (unpaired) electrons. The first kappa shape index (κ1) is 12.5. The molecule has 0 aliphatic carbocycles. The van der Waals surface area contributed by atoms with E-state index in [1.54, 1.807) is 11.3 Å². The number of aryl methyl sites for hydroxylation is 1. The van der Waals surface area contributed by atoms with Crippen molar-refractivity contribution in [1.82, 2.24) is 9.88 Å². The highest BCUT2D eigenvalue weighted by Gasteiger charge is 2.12. The monoisotopic (exact) mass is 254 g/mol. The topological polar surface area (TPSA) is 53.4 Å².